The summed E-state index contributed by atoms with van der Waals surface area (Å²) in [4.78, 5) is 3.60. The van der Waals surface area contributed by atoms with Crippen LogP contribution < -0.4 is 10.5 Å². The van der Waals surface area contributed by atoms with Crippen LogP contribution in [0.4, 0.5) is 23.2 Å². The summed E-state index contributed by atoms with van der Waals surface area (Å²) in [5.74, 6) is -0.281. The second kappa shape index (κ2) is 4.67. The molecule has 2 N–H and O–H groups in total. The van der Waals surface area contributed by atoms with Crippen molar-refractivity contribution in [3.63, 3.8) is 0 Å². The van der Waals surface area contributed by atoms with Gasteiger partial charge in [-0.1, -0.05) is 12.1 Å². The molecule has 2 aromatic rings. The molecule has 18 heavy (non-hydrogen) atoms. The minimum atomic E-state index is -3.06. The lowest BCUT2D eigenvalue weighted by Crippen LogP contribution is -2.04. The number of anilines is 1. The molecular formula is C11H8F4N2O. The zero-order valence-corrected chi connectivity index (χ0v) is 8.91. The summed E-state index contributed by atoms with van der Waals surface area (Å²) in [7, 11) is 0. The van der Waals surface area contributed by atoms with Gasteiger partial charge in [0, 0.05) is 11.1 Å². The molecule has 0 bridgehead atoms. The van der Waals surface area contributed by atoms with Crippen LogP contribution in [-0.4, -0.2) is 11.6 Å². The van der Waals surface area contributed by atoms with E-state index in [0.29, 0.717) is 0 Å². The third-order valence-corrected chi connectivity index (χ3v) is 2.29. The first-order chi connectivity index (χ1) is 8.49. The Morgan fingerprint density at radius 2 is 1.89 bits per heavy atom. The first kappa shape index (κ1) is 12.4. The number of rotatable bonds is 3. The smallest absolute Gasteiger partial charge is 0.387 e. The van der Waals surface area contributed by atoms with Crippen molar-refractivity contribution in [2.75, 3.05) is 5.73 Å². The van der Waals surface area contributed by atoms with Crippen molar-refractivity contribution < 1.29 is 22.3 Å². The molecule has 0 saturated heterocycles. The normalized spacial score (nSPS) is 11.4. The van der Waals surface area contributed by atoms with E-state index in [-0.39, 0.29) is 22.3 Å². The number of aromatic nitrogens is 1. The fraction of sp³-hybridized carbons (Fsp3) is 0.182. The van der Waals surface area contributed by atoms with Gasteiger partial charge in [0.2, 0.25) is 0 Å². The lowest BCUT2D eigenvalue weighted by Gasteiger charge is -2.10. The van der Waals surface area contributed by atoms with Crippen molar-refractivity contribution in [1.82, 2.24) is 4.98 Å². The van der Waals surface area contributed by atoms with Crippen LogP contribution in [0.2, 0.25) is 0 Å². The molecule has 0 amide bonds. The maximum Gasteiger partial charge on any atom is 0.387 e. The number of fused-ring (bicyclic) bond motifs is 1. The molecule has 1 aromatic heterocycles. The molecular weight excluding hydrogens is 252 g/mol. The summed E-state index contributed by atoms with van der Waals surface area (Å²) >= 11 is 0. The summed E-state index contributed by atoms with van der Waals surface area (Å²) < 4.78 is 53.7. The monoisotopic (exact) mass is 260 g/mol. The van der Waals surface area contributed by atoms with Gasteiger partial charge in [0.25, 0.3) is 6.43 Å². The van der Waals surface area contributed by atoms with Gasteiger partial charge in [-0.2, -0.15) is 8.78 Å². The molecule has 7 heteroatoms. The summed E-state index contributed by atoms with van der Waals surface area (Å²) in [5, 5.41) is 0.289. The number of hydrogen-bond acceptors (Lipinski definition) is 3. The van der Waals surface area contributed by atoms with Crippen LogP contribution in [0.3, 0.4) is 0 Å². The van der Waals surface area contributed by atoms with Crippen LogP contribution in [0.15, 0.2) is 24.3 Å². The van der Waals surface area contributed by atoms with E-state index in [2.05, 4.69) is 9.72 Å². The predicted molar refractivity (Wildman–Crippen MR) is 57.7 cm³/mol. The van der Waals surface area contributed by atoms with Gasteiger partial charge in [-0.3, -0.25) is 0 Å². The molecule has 0 atom stereocenters. The molecule has 0 aliphatic heterocycles. The average molecular weight is 260 g/mol. The highest BCUT2D eigenvalue weighted by molar-refractivity contribution is 5.94. The highest BCUT2D eigenvalue weighted by atomic mass is 19.3. The lowest BCUT2D eigenvalue weighted by atomic mass is 10.1. The highest BCUT2D eigenvalue weighted by Crippen LogP contribution is 2.31. The number of pyridine rings is 1. The molecule has 2 rings (SSSR count). The average Bonchev–Trinajstić information content (AvgIpc) is 2.29. The van der Waals surface area contributed by atoms with Crippen molar-refractivity contribution in [3.05, 3.63) is 30.0 Å². The van der Waals surface area contributed by atoms with E-state index in [0.717, 1.165) is 6.07 Å². The molecule has 0 saturated carbocycles. The number of alkyl halides is 4. The predicted octanol–water partition coefficient (Wildman–Crippen LogP) is 3.36. The quantitative estimate of drug-likeness (QED) is 0.861. The van der Waals surface area contributed by atoms with E-state index in [4.69, 9.17) is 5.73 Å². The highest BCUT2D eigenvalue weighted by Gasteiger charge is 2.16. The van der Waals surface area contributed by atoms with E-state index in [1.807, 2.05) is 0 Å². The fourth-order valence-corrected chi connectivity index (χ4v) is 1.57. The number of nitrogen functional groups attached to an aromatic ring is 1. The van der Waals surface area contributed by atoms with Gasteiger partial charge >= 0.3 is 6.61 Å². The van der Waals surface area contributed by atoms with Gasteiger partial charge in [-0.15, -0.1) is 0 Å². The molecule has 3 nitrogen and oxygen atoms in total. The Bertz CT molecular complexity index is 574. The SMILES string of the molecule is Nc1cc(C(F)F)nc2c(OC(F)F)cccc12. The maximum atomic E-state index is 12.6. The molecule has 0 aliphatic rings. The first-order valence-electron chi connectivity index (χ1n) is 4.91. The number of para-hydroxylation sites is 1. The number of benzene rings is 1. The first-order valence-corrected chi connectivity index (χ1v) is 4.91. The van der Waals surface area contributed by atoms with Gasteiger partial charge in [-0.25, -0.2) is 13.8 Å². The van der Waals surface area contributed by atoms with E-state index in [1.54, 1.807) is 0 Å². The number of hydrogen-bond donors (Lipinski definition) is 1. The largest absolute Gasteiger partial charge is 0.432 e. The zero-order valence-electron chi connectivity index (χ0n) is 8.91. The summed E-state index contributed by atoms with van der Waals surface area (Å²) in [5.41, 5.74) is 4.93. The molecule has 1 aromatic carbocycles. The molecule has 1 heterocycles. The van der Waals surface area contributed by atoms with E-state index >= 15 is 0 Å². The Kier molecular flexibility index (Phi) is 3.22. The lowest BCUT2D eigenvalue weighted by molar-refractivity contribution is -0.0489. The molecule has 0 radical (unpaired) electrons. The Hall–Kier alpha value is -2.05. The summed E-state index contributed by atoms with van der Waals surface area (Å²) in [6, 6.07) is 5.15. The Morgan fingerprint density at radius 3 is 2.50 bits per heavy atom. The van der Waals surface area contributed by atoms with E-state index in [9.17, 15) is 17.6 Å². The van der Waals surface area contributed by atoms with Crippen LogP contribution in [0.25, 0.3) is 10.9 Å². The molecule has 0 unspecified atom stereocenters. The van der Waals surface area contributed by atoms with Crippen molar-refractivity contribution >= 4 is 16.6 Å². The molecule has 0 spiro atoms. The van der Waals surface area contributed by atoms with Crippen LogP contribution in [-0.2, 0) is 0 Å². The second-order valence-corrected chi connectivity index (χ2v) is 3.47. The van der Waals surface area contributed by atoms with Crippen LogP contribution in [0.5, 0.6) is 5.75 Å². The van der Waals surface area contributed by atoms with Gasteiger partial charge in [0.05, 0.1) is 0 Å². The Labute approximate surface area is 99.2 Å². The summed E-state index contributed by atoms with van der Waals surface area (Å²) in [6.07, 6.45) is -2.84. The number of nitrogens with zero attached hydrogens (tertiary/aromatic N) is 1. The second-order valence-electron chi connectivity index (χ2n) is 3.47. The van der Waals surface area contributed by atoms with E-state index in [1.165, 1.54) is 18.2 Å². The standard InChI is InChI=1S/C11H8F4N2O/c12-10(13)7-4-6(16)5-2-1-3-8(9(5)17-7)18-11(14)15/h1-4,10-11H,(H2,16,17). The van der Waals surface area contributed by atoms with Crippen molar-refractivity contribution in [1.29, 1.82) is 0 Å². The van der Waals surface area contributed by atoms with Crippen LogP contribution in [0.1, 0.15) is 12.1 Å². The van der Waals surface area contributed by atoms with Gasteiger partial charge in [-0.05, 0) is 12.1 Å². The third kappa shape index (κ3) is 2.29. The van der Waals surface area contributed by atoms with Crippen LogP contribution in [0, 0.1) is 0 Å². The van der Waals surface area contributed by atoms with Crippen LogP contribution >= 0.6 is 0 Å². The Balaban J connectivity index is 2.65. The van der Waals surface area contributed by atoms with Gasteiger partial charge < -0.3 is 10.5 Å². The number of ether oxygens (including phenoxy) is 1. The molecule has 0 fully saturated rings. The Morgan fingerprint density at radius 1 is 1.17 bits per heavy atom. The molecule has 0 aliphatic carbocycles. The minimum absolute atomic E-state index is 0.0371. The van der Waals surface area contributed by atoms with Crippen molar-refractivity contribution in [2.24, 2.45) is 0 Å². The van der Waals surface area contributed by atoms with Crippen molar-refractivity contribution in [3.8, 4) is 5.75 Å². The third-order valence-electron chi connectivity index (χ3n) is 2.29. The van der Waals surface area contributed by atoms with Gasteiger partial charge in [0.15, 0.2) is 5.75 Å². The van der Waals surface area contributed by atoms with E-state index < -0.39 is 18.7 Å². The maximum absolute atomic E-state index is 12.6. The number of halogens is 4. The topological polar surface area (TPSA) is 48.1 Å². The zero-order chi connectivity index (χ0) is 13.3. The fourth-order valence-electron chi connectivity index (χ4n) is 1.57. The van der Waals surface area contributed by atoms with Gasteiger partial charge in [0.1, 0.15) is 11.2 Å². The molecule has 96 valence electrons. The van der Waals surface area contributed by atoms with Crippen molar-refractivity contribution in [2.45, 2.75) is 13.0 Å². The number of nitrogens with two attached hydrogens (primary N) is 1. The minimum Gasteiger partial charge on any atom is -0.432 e. The summed E-state index contributed by atoms with van der Waals surface area (Å²) in [6.45, 7) is -3.06.